The first-order chi connectivity index (χ1) is 27.8. The summed E-state index contributed by atoms with van der Waals surface area (Å²) in [6, 6.07) is 56.6. The predicted molar refractivity (Wildman–Crippen MR) is 219 cm³/mol. The van der Waals surface area contributed by atoms with Gasteiger partial charge in [0.15, 0.2) is 8.07 Å². The van der Waals surface area contributed by atoms with Crippen LogP contribution in [0.15, 0.2) is 206 Å². The van der Waals surface area contributed by atoms with Gasteiger partial charge in [0.1, 0.15) is 0 Å². The molecule has 10 aromatic rings. The van der Waals surface area contributed by atoms with E-state index in [1.165, 1.54) is 15.6 Å². The number of nitrogens with zero attached hydrogens (tertiary/aromatic N) is 2. The molecule has 0 saturated carbocycles. The minimum Gasteiger partial charge on any atom is -0.309 e. The van der Waals surface area contributed by atoms with Gasteiger partial charge < -0.3 is 9.13 Å². The maximum Gasteiger partial charge on any atom is 0.179 e. The second kappa shape index (κ2) is 11.9. The smallest absolute Gasteiger partial charge is 0.179 e. The van der Waals surface area contributed by atoms with Crippen molar-refractivity contribution in [3.05, 3.63) is 206 Å². The number of hydrogen-bond acceptors (Lipinski definition) is 0. The molecule has 0 N–H and O–H groups in total. The van der Waals surface area contributed by atoms with E-state index in [2.05, 4.69) is 89.5 Å². The fourth-order valence-electron chi connectivity index (χ4n) is 8.12. The maximum absolute atomic E-state index is 9.79. The number of rotatable bonds is 6. The zero-order chi connectivity index (χ0) is 39.0. The van der Waals surface area contributed by atoms with Crippen molar-refractivity contribution in [1.82, 2.24) is 9.13 Å². The van der Waals surface area contributed by atoms with Crippen molar-refractivity contribution in [2.75, 3.05) is 0 Å². The number of aromatic nitrogens is 2. The molecule has 0 aliphatic rings. The molecule has 0 saturated heterocycles. The lowest BCUT2D eigenvalue weighted by Crippen LogP contribution is -2.74. The molecule has 51 heavy (non-hydrogen) atoms. The van der Waals surface area contributed by atoms with Gasteiger partial charge in [-0.1, -0.05) is 164 Å². The monoisotopic (exact) mass is 672 g/mol. The van der Waals surface area contributed by atoms with Crippen molar-refractivity contribution in [2.45, 2.75) is 0 Å². The SMILES string of the molecule is [2H]c1c([2H])c([2H])c2c(c1[2H])c1c(c([2H])c([2H])c3c4ccccc4n(-c4ccccc4)c31)n2-c1cccc([Si](c2ccccc2)(c2ccccc2)c2ccccc2)c1. The van der Waals surface area contributed by atoms with Crippen LogP contribution in [0.1, 0.15) is 8.22 Å². The quantitative estimate of drug-likeness (QED) is 0.123. The Hall–Kier alpha value is -6.42. The summed E-state index contributed by atoms with van der Waals surface area (Å²) in [5.41, 5.74) is 3.59. The van der Waals surface area contributed by atoms with Crippen molar-refractivity contribution in [3.8, 4) is 11.4 Å². The van der Waals surface area contributed by atoms with E-state index >= 15 is 0 Å². The van der Waals surface area contributed by atoms with Crippen LogP contribution >= 0.6 is 0 Å². The first-order valence-corrected chi connectivity index (χ1v) is 19.1. The molecule has 10 rings (SSSR count). The Kier molecular flexibility index (Phi) is 5.55. The highest BCUT2D eigenvalue weighted by Gasteiger charge is 2.41. The largest absolute Gasteiger partial charge is 0.309 e. The Morgan fingerprint density at radius 1 is 0.373 bits per heavy atom. The summed E-state index contributed by atoms with van der Waals surface area (Å²) >= 11 is 0. The molecule has 2 nitrogen and oxygen atoms in total. The third-order valence-electron chi connectivity index (χ3n) is 10.2. The van der Waals surface area contributed by atoms with Crippen molar-refractivity contribution in [2.24, 2.45) is 0 Å². The van der Waals surface area contributed by atoms with E-state index in [9.17, 15) is 5.48 Å². The zero-order valence-corrected chi connectivity index (χ0v) is 28.6. The van der Waals surface area contributed by atoms with E-state index in [0.717, 1.165) is 21.8 Å². The van der Waals surface area contributed by atoms with E-state index in [-0.39, 0.29) is 41.8 Å². The van der Waals surface area contributed by atoms with Crippen molar-refractivity contribution in [3.63, 3.8) is 0 Å². The van der Waals surface area contributed by atoms with E-state index in [1.54, 1.807) is 0 Å². The van der Waals surface area contributed by atoms with Crippen LogP contribution in [0.2, 0.25) is 0 Å². The Morgan fingerprint density at radius 3 is 1.59 bits per heavy atom. The Bertz CT molecular complexity index is 3090. The van der Waals surface area contributed by atoms with Crippen LogP contribution < -0.4 is 20.7 Å². The molecule has 240 valence electrons. The number of hydrogen-bond donors (Lipinski definition) is 0. The fourth-order valence-corrected chi connectivity index (χ4v) is 12.9. The molecule has 0 fully saturated rings. The lowest BCUT2D eigenvalue weighted by molar-refractivity contribution is 1.18. The highest BCUT2D eigenvalue weighted by Crippen LogP contribution is 2.41. The van der Waals surface area contributed by atoms with Crippen LogP contribution in [-0.4, -0.2) is 17.2 Å². The van der Waals surface area contributed by atoms with Gasteiger partial charge in [0.05, 0.1) is 30.3 Å². The Labute approximate surface area is 306 Å². The van der Waals surface area contributed by atoms with Crippen molar-refractivity contribution >= 4 is 72.4 Å². The van der Waals surface area contributed by atoms with E-state index in [0.29, 0.717) is 32.9 Å². The van der Waals surface area contributed by atoms with Gasteiger partial charge in [0.2, 0.25) is 0 Å². The molecule has 0 spiro atoms. The molecule has 0 aliphatic heterocycles. The average Bonchev–Trinajstić information content (AvgIpc) is 3.81. The molecular weight excluding hydrogens is 633 g/mol. The maximum atomic E-state index is 9.79. The summed E-state index contributed by atoms with van der Waals surface area (Å²) in [6.07, 6.45) is 0. The lowest BCUT2D eigenvalue weighted by atomic mass is 10.1. The predicted octanol–water partition coefficient (Wildman–Crippen LogP) is 9.26. The molecule has 0 aliphatic carbocycles. The number of fused-ring (bicyclic) bond motifs is 7. The van der Waals surface area contributed by atoms with Gasteiger partial charge in [0, 0.05) is 32.9 Å². The first-order valence-electron chi connectivity index (χ1n) is 20.1. The summed E-state index contributed by atoms with van der Waals surface area (Å²) in [6.45, 7) is 0. The van der Waals surface area contributed by atoms with E-state index < -0.39 is 8.07 Å². The van der Waals surface area contributed by atoms with Gasteiger partial charge in [0.25, 0.3) is 0 Å². The fraction of sp³-hybridized carbons (Fsp3) is 0. The van der Waals surface area contributed by atoms with Gasteiger partial charge in [-0.3, -0.25) is 0 Å². The molecule has 0 unspecified atom stereocenters. The molecule has 0 radical (unpaired) electrons. The second-order valence-corrected chi connectivity index (χ2v) is 16.7. The minimum absolute atomic E-state index is 0.0282. The van der Waals surface area contributed by atoms with Crippen LogP contribution in [-0.2, 0) is 0 Å². The highest BCUT2D eigenvalue weighted by atomic mass is 28.3. The van der Waals surface area contributed by atoms with Gasteiger partial charge in [-0.25, -0.2) is 0 Å². The summed E-state index contributed by atoms with van der Waals surface area (Å²) < 4.78 is 60.1. The van der Waals surface area contributed by atoms with Crippen LogP contribution in [0, 0.1) is 0 Å². The van der Waals surface area contributed by atoms with Crippen LogP contribution in [0.5, 0.6) is 0 Å². The zero-order valence-electron chi connectivity index (χ0n) is 33.6. The molecule has 0 amide bonds. The standard InChI is InChI=1S/C48H34N2Si/c1-5-18-35(19-6-1)50-44-30-15-13-28-41(44)42-32-33-46-47(48(42)50)43-29-14-16-31-45(43)49(46)36-20-17-27-40(34-36)51(37-21-7-2-8-22-37,38-23-9-3-10-24-38)39-25-11-4-12-26-39/h1-34H/i14D,16D,29D,31D,32D,33D. The van der Waals surface area contributed by atoms with E-state index in [1.807, 2.05) is 89.5 Å². The topological polar surface area (TPSA) is 9.86 Å². The average molecular weight is 673 g/mol. The minimum atomic E-state index is -3.02. The van der Waals surface area contributed by atoms with Crippen LogP contribution in [0.25, 0.3) is 55.0 Å². The van der Waals surface area contributed by atoms with Gasteiger partial charge in [-0.05, 0) is 63.2 Å². The first kappa shape index (κ1) is 23.8. The Morgan fingerprint density at radius 2 is 0.922 bits per heavy atom. The molecule has 2 aromatic heterocycles. The van der Waals surface area contributed by atoms with Gasteiger partial charge >= 0.3 is 0 Å². The lowest BCUT2D eigenvalue weighted by Gasteiger charge is -2.34. The summed E-state index contributed by atoms with van der Waals surface area (Å²) in [5.74, 6) is 0. The second-order valence-electron chi connectivity index (χ2n) is 12.8. The number of para-hydroxylation sites is 3. The third kappa shape index (κ3) is 4.42. The molecule has 0 atom stereocenters. The third-order valence-corrected chi connectivity index (χ3v) is 15.0. The normalized spacial score (nSPS) is 13.6. The van der Waals surface area contributed by atoms with Crippen LogP contribution in [0.4, 0.5) is 0 Å². The molecule has 2 heterocycles. The van der Waals surface area contributed by atoms with Crippen molar-refractivity contribution in [1.29, 1.82) is 0 Å². The molecule has 3 heteroatoms. The number of benzene rings is 8. The van der Waals surface area contributed by atoms with Crippen LogP contribution in [0.3, 0.4) is 0 Å². The van der Waals surface area contributed by atoms with E-state index in [4.69, 9.17) is 2.74 Å². The van der Waals surface area contributed by atoms with Crippen molar-refractivity contribution < 1.29 is 8.22 Å². The summed E-state index contributed by atoms with van der Waals surface area (Å²) in [4.78, 5) is 0. The highest BCUT2D eigenvalue weighted by molar-refractivity contribution is 7.19. The van der Waals surface area contributed by atoms with Gasteiger partial charge in [-0.15, -0.1) is 0 Å². The molecular formula is C48H34N2Si. The summed E-state index contributed by atoms with van der Waals surface area (Å²) in [7, 11) is -3.02. The molecule has 8 aromatic carbocycles. The molecule has 0 bridgehead atoms. The summed E-state index contributed by atoms with van der Waals surface area (Å²) in [5, 5.41) is 6.82. The Balaban J connectivity index is 1.41. The van der Waals surface area contributed by atoms with Gasteiger partial charge in [-0.2, -0.15) is 0 Å².